The Bertz CT molecular complexity index is 646. The van der Waals surface area contributed by atoms with Crippen LogP contribution in [0.4, 0.5) is 26.3 Å². The van der Waals surface area contributed by atoms with Gasteiger partial charge in [0, 0.05) is 5.48 Å². The van der Waals surface area contributed by atoms with Crippen LogP contribution in [0, 0.1) is 17.8 Å². The van der Waals surface area contributed by atoms with Crippen LogP contribution in [0.25, 0.3) is 0 Å². The van der Waals surface area contributed by atoms with Crippen LogP contribution in [-0.4, -0.2) is 12.4 Å². The van der Waals surface area contributed by atoms with Crippen LogP contribution in [-0.2, 0) is 12.7 Å². The number of hydrogen-bond acceptors (Lipinski definition) is 0. The lowest BCUT2D eigenvalue weighted by molar-refractivity contribution is -0.211. The molecule has 1 aromatic rings. The van der Waals surface area contributed by atoms with E-state index in [1.54, 1.807) is 0 Å². The monoisotopic (exact) mass is 344 g/mol. The van der Waals surface area contributed by atoms with Gasteiger partial charge in [0.05, 0.1) is 10.8 Å². The highest BCUT2D eigenvalue weighted by Crippen LogP contribution is 2.43. The van der Waals surface area contributed by atoms with Crippen LogP contribution in [0.3, 0.4) is 0 Å². The zero-order valence-corrected chi connectivity index (χ0v) is 13.5. The zero-order chi connectivity index (χ0) is 21.9. The normalized spacial score (nSPS) is 18.0. The quantitative estimate of drug-likeness (QED) is 0.566. The molecule has 0 aliphatic rings. The van der Waals surface area contributed by atoms with E-state index in [2.05, 4.69) is 0 Å². The first-order chi connectivity index (χ1) is 11.6. The largest absolute Gasteiger partial charge is 0.394 e. The highest BCUT2D eigenvalue weighted by molar-refractivity contribution is 5.35. The SMILES string of the molecule is [2H]C([2H])(c1cccc(C([2H])([2H])C(C)(C)C(F)(F)F)c1C)C(C)(C)C(F)(F)F. The molecule has 0 aliphatic carbocycles. The van der Waals surface area contributed by atoms with E-state index in [4.69, 9.17) is 5.48 Å². The van der Waals surface area contributed by atoms with Crippen molar-refractivity contribution in [1.29, 1.82) is 0 Å². The number of alkyl halides is 6. The summed E-state index contributed by atoms with van der Waals surface area (Å²) < 4.78 is 112. The number of halogens is 6. The molecule has 0 atom stereocenters. The summed E-state index contributed by atoms with van der Waals surface area (Å²) in [5.41, 5.74) is -6.97. The van der Waals surface area contributed by atoms with Crippen LogP contribution in [0.2, 0.25) is 0 Å². The molecule has 1 aromatic carbocycles. The Kier molecular flexibility index (Phi) is 3.71. The molecule has 0 aliphatic heterocycles. The van der Waals surface area contributed by atoms with Crippen LogP contribution in [0.15, 0.2) is 18.2 Å². The van der Waals surface area contributed by atoms with Crippen LogP contribution >= 0.6 is 0 Å². The van der Waals surface area contributed by atoms with Crippen molar-refractivity contribution in [3.8, 4) is 0 Å². The number of rotatable bonds is 4. The molecular formula is C17H22F6. The summed E-state index contributed by atoms with van der Waals surface area (Å²) in [6, 6.07) is 3.16. The maximum absolute atomic E-state index is 13.4. The standard InChI is InChI=1S/C17H22F6/c1-11-12(9-14(2,3)16(18,19)20)7-6-8-13(11)10-15(4,5)17(21,22)23/h6-8H,9-10H2,1-5H3/i9D2,10D2. The molecule has 0 radical (unpaired) electrons. The highest BCUT2D eigenvalue weighted by Gasteiger charge is 2.48. The Balaban J connectivity index is 3.71. The summed E-state index contributed by atoms with van der Waals surface area (Å²) in [6.07, 6.45) is -15.8. The molecule has 0 spiro atoms. The van der Waals surface area contributed by atoms with Crippen molar-refractivity contribution in [3.63, 3.8) is 0 Å². The summed E-state index contributed by atoms with van der Waals surface area (Å²) in [5, 5.41) is 0. The van der Waals surface area contributed by atoms with Gasteiger partial charge in [0.1, 0.15) is 0 Å². The van der Waals surface area contributed by atoms with Crippen molar-refractivity contribution in [2.24, 2.45) is 10.8 Å². The van der Waals surface area contributed by atoms with E-state index < -0.39 is 47.1 Å². The molecule has 0 unspecified atom stereocenters. The van der Waals surface area contributed by atoms with Crippen molar-refractivity contribution < 1.29 is 31.8 Å². The summed E-state index contributed by atoms with van der Waals surface area (Å²) in [5.74, 6) is 0. The molecule has 132 valence electrons. The minimum atomic E-state index is -4.93. The molecule has 0 amide bonds. The van der Waals surface area contributed by atoms with Gasteiger partial charge in [0.15, 0.2) is 0 Å². The first-order valence-corrected chi connectivity index (χ1v) is 6.88. The lowest BCUT2D eigenvalue weighted by atomic mass is 9.79. The average Bonchev–Trinajstić information content (AvgIpc) is 2.44. The maximum atomic E-state index is 13.4. The Morgan fingerprint density at radius 3 is 1.35 bits per heavy atom. The van der Waals surface area contributed by atoms with Gasteiger partial charge >= 0.3 is 12.4 Å². The molecule has 0 bridgehead atoms. The molecule has 0 saturated carbocycles. The van der Waals surface area contributed by atoms with E-state index in [-0.39, 0.29) is 5.56 Å². The van der Waals surface area contributed by atoms with Gasteiger partial charge < -0.3 is 0 Å². The number of hydrogen-bond donors (Lipinski definition) is 0. The van der Waals surface area contributed by atoms with E-state index in [9.17, 15) is 26.3 Å². The fourth-order valence-electron chi connectivity index (χ4n) is 1.72. The van der Waals surface area contributed by atoms with E-state index in [1.807, 2.05) is 0 Å². The Morgan fingerprint density at radius 1 is 0.783 bits per heavy atom. The Labute approximate surface area is 138 Å². The van der Waals surface area contributed by atoms with Gasteiger partial charge in [-0.1, -0.05) is 45.9 Å². The van der Waals surface area contributed by atoms with Gasteiger partial charge in [-0.25, -0.2) is 0 Å². The highest BCUT2D eigenvalue weighted by atomic mass is 19.4. The van der Waals surface area contributed by atoms with Crippen molar-refractivity contribution >= 4 is 0 Å². The van der Waals surface area contributed by atoms with Crippen molar-refractivity contribution in [2.45, 2.75) is 59.7 Å². The molecule has 0 saturated heterocycles. The van der Waals surface area contributed by atoms with Gasteiger partial charge in [0.25, 0.3) is 0 Å². The molecule has 0 fully saturated rings. The van der Waals surface area contributed by atoms with Crippen LogP contribution < -0.4 is 0 Å². The fraction of sp³-hybridized carbons (Fsp3) is 0.647. The average molecular weight is 344 g/mol. The molecule has 0 nitrogen and oxygen atoms in total. The molecular weight excluding hydrogens is 318 g/mol. The molecule has 0 heterocycles. The third-order valence-corrected chi connectivity index (χ3v) is 3.65. The zero-order valence-electron chi connectivity index (χ0n) is 17.5. The first kappa shape index (κ1) is 14.2. The topological polar surface area (TPSA) is 0 Å². The first-order valence-electron chi connectivity index (χ1n) is 8.88. The Hall–Kier alpha value is -1.20. The lowest BCUT2D eigenvalue weighted by Crippen LogP contribution is -2.35. The fourth-order valence-corrected chi connectivity index (χ4v) is 1.72. The van der Waals surface area contributed by atoms with Gasteiger partial charge in [-0.15, -0.1) is 0 Å². The van der Waals surface area contributed by atoms with E-state index >= 15 is 0 Å². The van der Waals surface area contributed by atoms with E-state index in [0.717, 1.165) is 25.1 Å². The minimum absolute atomic E-state index is 0.276. The molecule has 0 aromatic heterocycles. The van der Waals surface area contributed by atoms with Gasteiger partial charge in [-0.2, -0.15) is 26.3 Å². The molecule has 23 heavy (non-hydrogen) atoms. The van der Waals surface area contributed by atoms with Gasteiger partial charge in [-0.3, -0.25) is 0 Å². The van der Waals surface area contributed by atoms with Crippen LogP contribution in [0.5, 0.6) is 0 Å². The molecule has 1 rings (SSSR count). The van der Waals surface area contributed by atoms with Gasteiger partial charge in [-0.05, 0) is 36.4 Å². The van der Waals surface area contributed by atoms with Crippen LogP contribution in [0.1, 0.15) is 49.9 Å². The summed E-state index contributed by atoms with van der Waals surface area (Å²) in [7, 11) is 0. The number of benzene rings is 1. The summed E-state index contributed by atoms with van der Waals surface area (Å²) >= 11 is 0. The summed E-state index contributed by atoms with van der Waals surface area (Å²) in [6.45, 7) is 3.78. The van der Waals surface area contributed by atoms with E-state index in [1.165, 1.54) is 0 Å². The predicted octanol–water partition coefficient (Wildman–Crippen LogP) is 6.26. The van der Waals surface area contributed by atoms with Crippen molar-refractivity contribution in [2.75, 3.05) is 0 Å². The molecule has 6 heteroatoms. The second-order valence-electron chi connectivity index (χ2n) is 6.47. The second kappa shape index (κ2) is 6.02. The van der Waals surface area contributed by atoms with E-state index in [0.29, 0.717) is 27.7 Å². The van der Waals surface area contributed by atoms with Crippen molar-refractivity contribution in [3.05, 3.63) is 34.9 Å². The smallest absolute Gasteiger partial charge is 0.171 e. The maximum Gasteiger partial charge on any atom is 0.394 e. The Morgan fingerprint density at radius 2 is 1.09 bits per heavy atom. The third-order valence-electron chi connectivity index (χ3n) is 3.65. The minimum Gasteiger partial charge on any atom is -0.171 e. The lowest BCUT2D eigenvalue weighted by Gasteiger charge is -2.30. The van der Waals surface area contributed by atoms with Crippen molar-refractivity contribution in [1.82, 2.24) is 0 Å². The van der Waals surface area contributed by atoms with Gasteiger partial charge in [0.2, 0.25) is 0 Å². The third kappa shape index (κ3) is 4.42. The predicted molar refractivity (Wildman–Crippen MR) is 78.3 cm³/mol. The molecule has 0 N–H and O–H groups in total. The summed E-state index contributed by atoms with van der Waals surface area (Å²) in [4.78, 5) is 0. The second-order valence-corrected chi connectivity index (χ2v) is 6.47.